The van der Waals surface area contributed by atoms with Gasteiger partial charge in [-0.25, -0.2) is 9.69 Å². The Morgan fingerprint density at radius 2 is 1.96 bits per heavy atom. The monoisotopic (exact) mass is 361 g/mol. The van der Waals surface area contributed by atoms with Gasteiger partial charge in [0.15, 0.2) is 5.82 Å². The number of aryl methyl sites for hydroxylation is 1. The van der Waals surface area contributed by atoms with Crippen LogP contribution >= 0.6 is 0 Å². The molecule has 3 fully saturated rings. The van der Waals surface area contributed by atoms with Crippen LogP contribution in [0.2, 0.25) is 0 Å². The van der Waals surface area contributed by atoms with Crippen LogP contribution in [0.25, 0.3) is 0 Å². The van der Waals surface area contributed by atoms with Crippen molar-refractivity contribution < 1.29 is 14.1 Å². The number of rotatable bonds is 3. The fraction of sp³-hybridized carbons (Fsp3) is 0.778. The summed E-state index contributed by atoms with van der Waals surface area (Å²) < 4.78 is 5.32. The van der Waals surface area contributed by atoms with Crippen molar-refractivity contribution in [3.05, 3.63) is 11.7 Å². The number of likely N-dealkylation sites (tertiary alicyclic amines) is 1. The van der Waals surface area contributed by atoms with E-state index in [1.807, 2.05) is 6.92 Å². The van der Waals surface area contributed by atoms with Crippen LogP contribution in [0.15, 0.2) is 4.52 Å². The molecule has 1 atom stereocenters. The Morgan fingerprint density at radius 1 is 1.19 bits per heavy atom. The van der Waals surface area contributed by atoms with Crippen molar-refractivity contribution in [3.8, 4) is 0 Å². The first kappa shape index (κ1) is 17.5. The molecular weight excluding hydrogens is 334 g/mol. The van der Waals surface area contributed by atoms with E-state index in [1.165, 1.54) is 4.90 Å². The van der Waals surface area contributed by atoms with Gasteiger partial charge in [-0.15, -0.1) is 0 Å². The first-order chi connectivity index (χ1) is 12.6. The Hall–Kier alpha value is -1.96. The Kier molecular flexibility index (Phi) is 4.69. The van der Waals surface area contributed by atoms with Crippen molar-refractivity contribution in [1.82, 2.24) is 25.3 Å². The van der Waals surface area contributed by atoms with Gasteiger partial charge in [-0.1, -0.05) is 30.8 Å². The normalized spacial score (nSPS) is 27.0. The van der Waals surface area contributed by atoms with Crippen LogP contribution in [0.5, 0.6) is 0 Å². The number of carbonyl (C=O) groups excluding carboxylic acids is 2. The summed E-state index contributed by atoms with van der Waals surface area (Å²) in [4.78, 5) is 33.5. The van der Waals surface area contributed by atoms with E-state index in [1.54, 1.807) is 0 Å². The summed E-state index contributed by atoms with van der Waals surface area (Å²) in [7, 11) is 0. The van der Waals surface area contributed by atoms with Gasteiger partial charge < -0.3 is 9.84 Å². The van der Waals surface area contributed by atoms with Gasteiger partial charge in [-0.05, 0) is 39.2 Å². The molecular formula is C18H27N5O3. The second-order valence-corrected chi connectivity index (χ2v) is 7.90. The molecule has 1 aromatic rings. The number of hydrogen-bond acceptors (Lipinski definition) is 6. The Morgan fingerprint density at radius 3 is 2.65 bits per heavy atom. The third-order valence-electron chi connectivity index (χ3n) is 5.94. The van der Waals surface area contributed by atoms with Gasteiger partial charge in [0, 0.05) is 6.54 Å². The van der Waals surface area contributed by atoms with Crippen LogP contribution in [0.4, 0.5) is 4.79 Å². The number of carbonyl (C=O) groups is 2. The first-order valence-corrected chi connectivity index (χ1v) is 9.74. The number of urea groups is 1. The van der Waals surface area contributed by atoms with E-state index in [0.717, 1.165) is 64.5 Å². The molecule has 1 spiro atoms. The number of hydrogen-bond donors (Lipinski definition) is 1. The van der Waals surface area contributed by atoms with Crippen LogP contribution in [-0.4, -0.2) is 57.2 Å². The molecule has 142 valence electrons. The molecule has 1 aromatic heterocycles. The predicted molar refractivity (Wildman–Crippen MR) is 93.3 cm³/mol. The molecule has 2 saturated heterocycles. The number of nitrogens with one attached hydrogen (secondary N) is 1. The molecule has 0 radical (unpaired) electrons. The summed E-state index contributed by atoms with van der Waals surface area (Å²) in [5, 5.41) is 6.89. The molecule has 1 aliphatic carbocycles. The first-order valence-electron chi connectivity index (χ1n) is 9.74. The summed E-state index contributed by atoms with van der Waals surface area (Å²) in [6, 6.07) is -0.243. The molecule has 4 rings (SSSR count). The van der Waals surface area contributed by atoms with E-state index in [4.69, 9.17) is 4.52 Å². The molecule has 1 unspecified atom stereocenters. The van der Waals surface area contributed by atoms with Crippen molar-refractivity contribution in [3.63, 3.8) is 0 Å². The lowest BCUT2D eigenvalue weighted by Gasteiger charge is -2.33. The minimum absolute atomic E-state index is 0.0415. The molecule has 0 bridgehead atoms. The lowest BCUT2D eigenvalue weighted by atomic mass is 9.90. The van der Waals surface area contributed by atoms with E-state index < -0.39 is 5.54 Å². The lowest BCUT2D eigenvalue weighted by Crippen LogP contribution is -2.48. The number of aromatic nitrogens is 2. The van der Waals surface area contributed by atoms with E-state index in [9.17, 15) is 9.59 Å². The topological polar surface area (TPSA) is 91.6 Å². The summed E-state index contributed by atoms with van der Waals surface area (Å²) in [5.41, 5.74) is -0.660. The molecule has 1 N–H and O–H groups in total. The Bertz CT molecular complexity index is 680. The third kappa shape index (κ3) is 3.22. The number of imide groups is 1. The number of nitrogens with zero attached hydrogens (tertiary/aromatic N) is 4. The van der Waals surface area contributed by atoms with Crippen molar-refractivity contribution >= 4 is 11.9 Å². The Balaban J connectivity index is 1.43. The van der Waals surface area contributed by atoms with Crippen molar-refractivity contribution in [2.75, 3.05) is 19.8 Å². The molecule has 3 aliphatic rings. The summed E-state index contributed by atoms with van der Waals surface area (Å²) in [5.74, 6) is 1.42. The molecule has 26 heavy (non-hydrogen) atoms. The standard InChI is InChI=1S/C18H27N5O3/c1-13-19-15(26-21-13)14-7-6-10-22(11-14)12-23-16(24)18(20-17(23)25)8-4-2-3-5-9-18/h14H,2-12H2,1H3,(H,20,25). The number of piperidine rings is 1. The SMILES string of the molecule is Cc1noc(C2CCCN(CN3C(=O)NC4(CCCCCC4)C3=O)C2)n1. The highest BCUT2D eigenvalue weighted by Crippen LogP contribution is 2.33. The minimum Gasteiger partial charge on any atom is -0.339 e. The molecule has 0 aromatic carbocycles. The maximum Gasteiger partial charge on any atom is 0.326 e. The van der Waals surface area contributed by atoms with Gasteiger partial charge in [0.2, 0.25) is 5.89 Å². The highest BCUT2D eigenvalue weighted by atomic mass is 16.5. The van der Waals surface area contributed by atoms with E-state index in [0.29, 0.717) is 18.4 Å². The number of amides is 3. The van der Waals surface area contributed by atoms with Crippen molar-refractivity contribution in [1.29, 1.82) is 0 Å². The summed E-state index contributed by atoms with van der Waals surface area (Å²) in [6.45, 7) is 3.75. The van der Waals surface area contributed by atoms with E-state index in [-0.39, 0.29) is 17.9 Å². The zero-order valence-corrected chi connectivity index (χ0v) is 15.4. The molecule has 3 amide bonds. The van der Waals surface area contributed by atoms with Gasteiger partial charge in [0.1, 0.15) is 5.54 Å². The average molecular weight is 361 g/mol. The highest BCUT2D eigenvalue weighted by Gasteiger charge is 2.51. The Labute approximate surface area is 153 Å². The van der Waals surface area contributed by atoms with Gasteiger partial charge in [0.05, 0.1) is 12.6 Å². The van der Waals surface area contributed by atoms with Crippen LogP contribution in [-0.2, 0) is 4.79 Å². The zero-order valence-electron chi connectivity index (χ0n) is 15.4. The molecule has 8 heteroatoms. The quantitative estimate of drug-likeness (QED) is 0.830. The van der Waals surface area contributed by atoms with E-state index >= 15 is 0 Å². The van der Waals surface area contributed by atoms with Crippen molar-refractivity contribution in [2.24, 2.45) is 0 Å². The van der Waals surface area contributed by atoms with Crippen molar-refractivity contribution in [2.45, 2.75) is 69.7 Å². The fourth-order valence-electron chi connectivity index (χ4n) is 4.54. The minimum atomic E-state index is -0.660. The van der Waals surface area contributed by atoms with Gasteiger partial charge in [-0.2, -0.15) is 4.98 Å². The molecule has 3 heterocycles. The maximum absolute atomic E-state index is 13.0. The van der Waals surface area contributed by atoms with Crippen LogP contribution in [0.1, 0.15) is 69.0 Å². The summed E-state index contributed by atoms with van der Waals surface area (Å²) in [6.07, 6.45) is 7.79. The second kappa shape index (κ2) is 6.98. The predicted octanol–water partition coefficient (Wildman–Crippen LogP) is 2.16. The van der Waals surface area contributed by atoms with Gasteiger partial charge in [0.25, 0.3) is 5.91 Å². The summed E-state index contributed by atoms with van der Waals surface area (Å²) >= 11 is 0. The van der Waals surface area contributed by atoms with E-state index in [2.05, 4.69) is 20.4 Å². The molecule has 2 aliphatic heterocycles. The largest absolute Gasteiger partial charge is 0.339 e. The average Bonchev–Trinajstić information content (AvgIpc) is 3.05. The fourth-order valence-corrected chi connectivity index (χ4v) is 4.54. The maximum atomic E-state index is 13.0. The van der Waals surface area contributed by atoms with Crippen LogP contribution in [0.3, 0.4) is 0 Å². The van der Waals surface area contributed by atoms with Crippen LogP contribution in [0, 0.1) is 6.92 Å². The lowest BCUT2D eigenvalue weighted by molar-refractivity contribution is -0.133. The van der Waals surface area contributed by atoms with Crippen LogP contribution < -0.4 is 5.32 Å². The zero-order chi connectivity index (χ0) is 18.1. The highest BCUT2D eigenvalue weighted by molar-refractivity contribution is 6.07. The smallest absolute Gasteiger partial charge is 0.326 e. The third-order valence-corrected chi connectivity index (χ3v) is 5.94. The molecule has 1 saturated carbocycles. The van der Waals surface area contributed by atoms with Gasteiger partial charge >= 0.3 is 6.03 Å². The van der Waals surface area contributed by atoms with Gasteiger partial charge in [-0.3, -0.25) is 9.69 Å². The molecule has 8 nitrogen and oxygen atoms in total. The second-order valence-electron chi connectivity index (χ2n) is 7.90.